The van der Waals surface area contributed by atoms with E-state index in [4.69, 9.17) is 5.73 Å². The molecule has 1 aromatic heterocycles. The van der Waals surface area contributed by atoms with Crippen molar-refractivity contribution < 1.29 is 37.5 Å². The number of phenols is 1. The van der Waals surface area contributed by atoms with Gasteiger partial charge in [0.05, 0.1) is 16.5 Å². The number of amides is 5. The maximum atomic E-state index is 13.2. The number of rotatable bonds is 4. The van der Waals surface area contributed by atoms with E-state index in [9.17, 15) is 42.3 Å². The predicted molar refractivity (Wildman–Crippen MR) is 133 cm³/mol. The Kier molecular flexibility index (Phi) is 6.50. The van der Waals surface area contributed by atoms with Crippen molar-refractivity contribution in [1.82, 2.24) is 9.47 Å². The Bertz CT molecular complexity index is 1600. The molecule has 39 heavy (non-hydrogen) atoms. The largest absolute Gasteiger partial charge is 0.508 e. The maximum Gasteiger partial charge on any atom is 0.416 e. The van der Waals surface area contributed by atoms with Crippen LogP contribution in [0.25, 0.3) is 0 Å². The summed E-state index contributed by atoms with van der Waals surface area (Å²) >= 11 is 1.50. The molecule has 1 saturated heterocycles. The quantitative estimate of drug-likeness (QED) is 0.403. The van der Waals surface area contributed by atoms with Gasteiger partial charge in [-0.1, -0.05) is 47.4 Å². The summed E-state index contributed by atoms with van der Waals surface area (Å²) in [5.41, 5.74) is 4.38. The first-order valence-electron chi connectivity index (χ1n) is 11.2. The third kappa shape index (κ3) is 4.57. The summed E-state index contributed by atoms with van der Waals surface area (Å²) in [4.78, 5) is 63.8. The fourth-order valence-corrected chi connectivity index (χ4v) is 7.44. The average molecular weight is 579 g/mol. The number of hydrogen-bond donors (Lipinski definition) is 3. The Balaban J connectivity index is 1.54. The zero-order valence-corrected chi connectivity index (χ0v) is 21.1. The van der Waals surface area contributed by atoms with Crippen molar-refractivity contribution in [3.8, 4) is 5.75 Å². The first kappa shape index (κ1) is 26.5. The number of hydrogen-bond acceptors (Lipinski definition) is 8. The molecule has 2 aliphatic heterocycles. The van der Waals surface area contributed by atoms with Crippen LogP contribution >= 0.6 is 23.1 Å². The number of thiazole rings is 1. The van der Waals surface area contributed by atoms with E-state index < -0.39 is 64.0 Å². The molecule has 2 aliphatic rings. The minimum Gasteiger partial charge on any atom is -0.508 e. The van der Waals surface area contributed by atoms with Crippen LogP contribution in [0.1, 0.15) is 21.9 Å². The van der Waals surface area contributed by atoms with Crippen molar-refractivity contribution in [3.63, 3.8) is 0 Å². The van der Waals surface area contributed by atoms with Crippen LogP contribution in [0.2, 0.25) is 0 Å². The third-order valence-corrected chi connectivity index (χ3v) is 8.92. The normalized spacial score (nSPS) is 20.5. The maximum absolute atomic E-state index is 13.2. The van der Waals surface area contributed by atoms with E-state index in [-0.39, 0.29) is 26.9 Å². The number of nitrogens with two attached hydrogens (primary N) is 1. The summed E-state index contributed by atoms with van der Waals surface area (Å²) in [5.74, 6) is -4.98. The Morgan fingerprint density at radius 3 is 2.44 bits per heavy atom. The summed E-state index contributed by atoms with van der Waals surface area (Å²) < 4.78 is 40.2. The number of urea groups is 1. The van der Waals surface area contributed by atoms with Crippen LogP contribution in [-0.2, 0) is 27.1 Å². The Hall–Kier alpha value is -4.11. The molecule has 5 amide bonds. The van der Waals surface area contributed by atoms with Gasteiger partial charge in [0, 0.05) is 22.0 Å². The lowest BCUT2D eigenvalue weighted by Crippen LogP contribution is -2.41. The van der Waals surface area contributed by atoms with Crippen molar-refractivity contribution in [2.75, 3.05) is 5.32 Å². The van der Waals surface area contributed by atoms with Gasteiger partial charge in [-0.25, -0.2) is 4.79 Å². The van der Waals surface area contributed by atoms with Crippen LogP contribution in [0.4, 0.5) is 23.7 Å². The van der Waals surface area contributed by atoms with E-state index >= 15 is 0 Å². The second-order valence-electron chi connectivity index (χ2n) is 8.70. The molecule has 3 heterocycles. The number of nitrogens with one attached hydrogen (secondary N) is 1. The molecular weight excluding hydrogens is 561 g/mol. The molecule has 202 valence electrons. The molecule has 0 bridgehead atoms. The lowest BCUT2D eigenvalue weighted by molar-refractivity contribution is -0.138. The van der Waals surface area contributed by atoms with Gasteiger partial charge in [-0.2, -0.15) is 18.1 Å². The van der Waals surface area contributed by atoms with Gasteiger partial charge < -0.3 is 16.2 Å². The summed E-state index contributed by atoms with van der Waals surface area (Å²) in [5, 5.41) is 11.9. The van der Waals surface area contributed by atoms with E-state index in [1.807, 2.05) is 0 Å². The minimum atomic E-state index is -4.63. The van der Waals surface area contributed by atoms with Crippen molar-refractivity contribution in [3.05, 3.63) is 74.2 Å². The van der Waals surface area contributed by atoms with E-state index in [2.05, 4.69) is 5.32 Å². The molecule has 0 radical (unpaired) electrons. The van der Waals surface area contributed by atoms with Crippen LogP contribution in [0.15, 0.2) is 58.4 Å². The molecule has 15 heteroatoms. The number of benzene rings is 2. The van der Waals surface area contributed by atoms with E-state index in [1.54, 1.807) is 6.07 Å². The molecule has 3 aromatic rings. The van der Waals surface area contributed by atoms with Gasteiger partial charge in [0.15, 0.2) is 0 Å². The van der Waals surface area contributed by atoms with Crippen LogP contribution in [0.3, 0.4) is 0 Å². The lowest BCUT2D eigenvalue weighted by atomic mass is 9.82. The van der Waals surface area contributed by atoms with Gasteiger partial charge in [-0.3, -0.25) is 23.7 Å². The van der Waals surface area contributed by atoms with Gasteiger partial charge in [-0.15, -0.1) is 0 Å². The zero-order chi connectivity index (χ0) is 28.2. The number of carbonyl (C=O) groups is 4. The molecule has 5 rings (SSSR count). The number of thioether (sulfide) groups is 1. The Morgan fingerprint density at radius 1 is 1.05 bits per heavy atom. The smallest absolute Gasteiger partial charge is 0.416 e. The van der Waals surface area contributed by atoms with Crippen LogP contribution < -0.4 is 15.9 Å². The number of alkyl halides is 3. The summed E-state index contributed by atoms with van der Waals surface area (Å²) in [6.07, 6.45) is -4.63. The van der Waals surface area contributed by atoms with Gasteiger partial charge in [0.1, 0.15) is 17.5 Å². The zero-order valence-electron chi connectivity index (χ0n) is 19.5. The summed E-state index contributed by atoms with van der Waals surface area (Å²) in [7, 11) is 0. The molecule has 10 nitrogen and oxygen atoms in total. The van der Waals surface area contributed by atoms with Gasteiger partial charge in [0.2, 0.25) is 11.8 Å². The van der Waals surface area contributed by atoms with Crippen LogP contribution in [0.5, 0.6) is 5.75 Å². The van der Waals surface area contributed by atoms with Gasteiger partial charge in [-0.05, 0) is 24.3 Å². The number of carbonyl (C=O) groups excluding carboxylic acids is 4. The van der Waals surface area contributed by atoms with Crippen molar-refractivity contribution in [2.45, 2.75) is 28.9 Å². The highest BCUT2D eigenvalue weighted by atomic mass is 32.2. The highest BCUT2D eigenvalue weighted by molar-refractivity contribution is 8.00. The van der Waals surface area contributed by atoms with Gasteiger partial charge >= 0.3 is 17.1 Å². The van der Waals surface area contributed by atoms with Crippen molar-refractivity contribution in [1.29, 1.82) is 0 Å². The number of imide groups is 3. The number of aromatic hydroxyl groups is 1. The standard InChI is InChI=1S/C24H17F3N4O6S2/c25-24(26,27)10-4-3-5-11(8-10)29-14(33)9-30-21-18(39-23(30)37)15(12-6-1-2-7-13(12)32)16-17(38-21)20(35)31(19(16)34)22(28)36/h1-8,15-17,32H,9H2,(H2,28,36)(H,29,33)/t15-,16?,17?/m0/s1. The SMILES string of the molecule is NC(=O)N1C(=O)C2Sc3c(sc(=O)n3CC(=O)Nc3cccc(C(F)(F)F)c3)[C@@H](c3ccccc3O)C2C1=O. The topological polar surface area (TPSA) is 152 Å². The number of para-hydroxylation sites is 1. The number of likely N-dealkylation sites (tertiary alicyclic amines) is 1. The number of halogens is 3. The molecule has 3 atom stereocenters. The monoisotopic (exact) mass is 578 g/mol. The van der Waals surface area contributed by atoms with E-state index in [0.29, 0.717) is 16.2 Å². The first-order valence-corrected chi connectivity index (χ1v) is 12.9. The summed E-state index contributed by atoms with van der Waals surface area (Å²) in [6.45, 7) is -0.611. The second kappa shape index (κ2) is 9.57. The Labute approximate surface area is 225 Å². The molecular formula is C24H17F3N4O6S2. The molecule has 1 fully saturated rings. The highest BCUT2D eigenvalue weighted by Crippen LogP contribution is 2.54. The van der Waals surface area contributed by atoms with Crippen LogP contribution in [0, 0.1) is 5.92 Å². The molecule has 0 saturated carbocycles. The van der Waals surface area contributed by atoms with Gasteiger partial charge in [0.25, 0.3) is 5.91 Å². The Morgan fingerprint density at radius 2 is 1.77 bits per heavy atom. The number of fused-ring (bicyclic) bond motifs is 2. The van der Waals surface area contributed by atoms with E-state index in [0.717, 1.165) is 34.5 Å². The minimum absolute atomic E-state index is 0.138. The lowest BCUT2D eigenvalue weighted by Gasteiger charge is -2.31. The van der Waals surface area contributed by atoms with E-state index in [1.165, 1.54) is 24.3 Å². The number of primary amides is 1. The predicted octanol–water partition coefficient (Wildman–Crippen LogP) is 2.94. The average Bonchev–Trinajstić information content (AvgIpc) is 3.30. The fourth-order valence-electron chi connectivity index (χ4n) is 4.68. The van der Waals surface area contributed by atoms with Crippen molar-refractivity contribution in [2.24, 2.45) is 11.7 Å². The highest BCUT2D eigenvalue weighted by Gasteiger charge is 2.58. The van der Waals surface area contributed by atoms with Crippen LogP contribution in [-0.4, -0.2) is 43.6 Å². The van der Waals surface area contributed by atoms with Crippen molar-refractivity contribution >= 4 is 52.5 Å². The first-order chi connectivity index (χ1) is 18.4. The number of phenolic OH excluding ortho intramolecular Hbond substituents is 1. The molecule has 2 unspecified atom stereocenters. The molecule has 0 aliphatic carbocycles. The molecule has 2 aromatic carbocycles. The fraction of sp³-hybridized carbons (Fsp3) is 0.208. The second-order valence-corrected chi connectivity index (χ2v) is 10.8. The molecule has 0 spiro atoms. The summed E-state index contributed by atoms with van der Waals surface area (Å²) in [6, 6.07) is 8.70. The number of aromatic nitrogens is 1. The molecule has 4 N–H and O–H groups in total. The third-order valence-electron chi connectivity index (χ3n) is 6.32. The number of anilines is 1. The number of nitrogens with zero attached hydrogens (tertiary/aromatic N) is 2.